The van der Waals surface area contributed by atoms with Crippen LogP contribution in [0.25, 0.3) is 0 Å². The first-order chi connectivity index (χ1) is 9.20. The van der Waals surface area contributed by atoms with Gasteiger partial charge in [-0.25, -0.2) is 8.78 Å². The zero-order valence-electron chi connectivity index (χ0n) is 11.3. The quantitative estimate of drug-likeness (QED) is 0.918. The molecule has 1 unspecified atom stereocenters. The van der Waals surface area contributed by atoms with Gasteiger partial charge in [0.05, 0.1) is 13.2 Å². The molecule has 108 valence electrons. The van der Waals surface area contributed by atoms with Crippen molar-refractivity contribution in [2.75, 3.05) is 6.61 Å². The first-order valence-corrected chi connectivity index (χ1v) is 6.57. The van der Waals surface area contributed by atoms with E-state index in [4.69, 9.17) is 14.6 Å². The highest BCUT2D eigenvalue weighted by Gasteiger charge is 2.17. The molecule has 1 saturated heterocycles. The van der Waals surface area contributed by atoms with E-state index in [2.05, 4.69) is 0 Å². The Hall–Kier alpha value is -1.20. The predicted octanol–water partition coefficient (Wildman–Crippen LogP) is 3.39. The van der Waals surface area contributed by atoms with Gasteiger partial charge in [-0.05, 0) is 12.8 Å². The molecule has 0 bridgehead atoms. The Morgan fingerprint density at radius 3 is 2.37 bits per heavy atom. The lowest BCUT2D eigenvalue weighted by Gasteiger charge is -2.23. The van der Waals surface area contributed by atoms with Crippen LogP contribution in [0.3, 0.4) is 0 Å². The molecule has 5 heteroatoms. The molecule has 19 heavy (non-hydrogen) atoms. The molecule has 1 heterocycles. The van der Waals surface area contributed by atoms with E-state index in [1.165, 1.54) is 0 Å². The molecule has 0 amide bonds. The highest BCUT2D eigenvalue weighted by atomic mass is 19.1. The molecule has 3 nitrogen and oxygen atoms in total. The van der Waals surface area contributed by atoms with Crippen LogP contribution < -0.4 is 4.74 Å². The number of hydrogen-bond donors (Lipinski definition) is 1. The van der Waals surface area contributed by atoms with Crippen LogP contribution in [0.2, 0.25) is 0 Å². The summed E-state index contributed by atoms with van der Waals surface area (Å²) < 4.78 is 37.3. The van der Waals surface area contributed by atoms with Gasteiger partial charge in [-0.15, -0.1) is 0 Å². The normalized spacial score (nSPS) is 18.5. The van der Waals surface area contributed by atoms with Gasteiger partial charge in [0.15, 0.2) is 6.29 Å². The summed E-state index contributed by atoms with van der Waals surface area (Å²) in [7, 11) is 0. The van der Waals surface area contributed by atoms with E-state index in [1.54, 1.807) is 0 Å². The molecule has 0 spiro atoms. The van der Waals surface area contributed by atoms with Crippen LogP contribution in [0.4, 0.5) is 8.78 Å². The first-order valence-electron chi connectivity index (χ1n) is 6.57. The topological polar surface area (TPSA) is 38.7 Å². The Labute approximate surface area is 112 Å². The van der Waals surface area contributed by atoms with Crippen LogP contribution in [-0.4, -0.2) is 18.0 Å². The molecule has 1 aromatic carbocycles. The van der Waals surface area contributed by atoms with E-state index in [9.17, 15) is 8.78 Å². The van der Waals surface area contributed by atoms with Crippen molar-refractivity contribution in [1.29, 1.82) is 0 Å². The maximum Gasteiger partial charge on any atom is 0.199 e. The number of aliphatic hydroxyl groups is 1. The van der Waals surface area contributed by atoms with Gasteiger partial charge in [0.2, 0.25) is 0 Å². The van der Waals surface area contributed by atoms with Gasteiger partial charge in [0.1, 0.15) is 17.4 Å². The predicted molar refractivity (Wildman–Crippen MR) is 67.8 cm³/mol. The summed E-state index contributed by atoms with van der Waals surface area (Å²) in [6.45, 7) is 3.93. The summed E-state index contributed by atoms with van der Waals surface area (Å²) in [4.78, 5) is 0. The van der Waals surface area contributed by atoms with Gasteiger partial charge < -0.3 is 14.6 Å². The SMILES string of the molecule is CC.OCc1c(F)cc(OC2CCCCO2)cc1F. The van der Waals surface area contributed by atoms with Crippen LogP contribution >= 0.6 is 0 Å². The number of hydrogen-bond acceptors (Lipinski definition) is 3. The number of ether oxygens (including phenoxy) is 2. The minimum absolute atomic E-state index is 0.0871. The van der Waals surface area contributed by atoms with E-state index in [1.807, 2.05) is 13.8 Å². The third kappa shape index (κ3) is 4.44. The standard InChI is InChI=1S/C12H14F2O3.C2H6/c13-10-5-8(6-11(14)9(10)7-15)17-12-3-1-2-4-16-12;1-2/h5-6,12,15H,1-4,7H2;1-2H3. The van der Waals surface area contributed by atoms with Crippen molar-refractivity contribution in [2.24, 2.45) is 0 Å². The Kier molecular flexibility index (Phi) is 6.73. The van der Waals surface area contributed by atoms with E-state index in [0.29, 0.717) is 13.0 Å². The van der Waals surface area contributed by atoms with E-state index >= 15 is 0 Å². The molecule has 1 atom stereocenters. The minimum atomic E-state index is -0.807. The highest BCUT2D eigenvalue weighted by molar-refractivity contribution is 5.30. The van der Waals surface area contributed by atoms with Crippen molar-refractivity contribution in [1.82, 2.24) is 0 Å². The third-order valence-corrected chi connectivity index (χ3v) is 2.68. The third-order valence-electron chi connectivity index (χ3n) is 2.68. The molecule has 1 fully saturated rings. The number of aliphatic hydroxyl groups excluding tert-OH is 1. The van der Waals surface area contributed by atoms with Gasteiger partial charge in [-0.1, -0.05) is 13.8 Å². The van der Waals surface area contributed by atoms with Gasteiger partial charge in [0, 0.05) is 24.1 Å². The minimum Gasteiger partial charge on any atom is -0.465 e. The first kappa shape index (κ1) is 15.9. The molecule has 1 N–H and O–H groups in total. The van der Waals surface area contributed by atoms with Crippen molar-refractivity contribution in [3.63, 3.8) is 0 Å². The van der Waals surface area contributed by atoms with Crippen LogP contribution in [0.5, 0.6) is 5.75 Å². The van der Waals surface area contributed by atoms with Gasteiger partial charge in [-0.2, -0.15) is 0 Å². The summed E-state index contributed by atoms with van der Waals surface area (Å²) in [5, 5.41) is 8.77. The fourth-order valence-corrected chi connectivity index (χ4v) is 1.75. The lowest BCUT2D eigenvalue weighted by molar-refractivity contribution is -0.106. The van der Waals surface area contributed by atoms with E-state index in [0.717, 1.165) is 25.0 Å². The molecule has 0 aromatic heterocycles. The average molecular weight is 274 g/mol. The summed E-state index contributed by atoms with van der Waals surface area (Å²) in [6.07, 6.45) is 2.23. The van der Waals surface area contributed by atoms with Gasteiger partial charge in [-0.3, -0.25) is 0 Å². The van der Waals surface area contributed by atoms with Crippen LogP contribution in [0.15, 0.2) is 12.1 Å². The lowest BCUT2D eigenvalue weighted by atomic mass is 10.2. The second kappa shape index (κ2) is 8.07. The van der Waals surface area contributed by atoms with Crippen LogP contribution in [0, 0.1) is 11.6 Å². The van der Waals surface area contributed by atoms with Crippen LogP contribution in [0.1, 0.15) is 38.7 Å². The van der Waals surface area contributed by atoms with E-state index < -0.39 is 24.5 Å². The Bertz CT molecular complexity index is 367. The molecule has 1 aromatic rings. The monoisotopic (exact) mass is 274 g/mol. The molecule has 2 rings (SSSR count). The van der Waals surface area contributed by atoms with Crippen LogP contribution in [-0.2, 0) is 11.3 Å². The maximum atomic E-state index is 13.3. The van der Waals surface area contributed by atoms with E-state index in [-0.39, 0.29) is 11.3 Å². The summed E-state index contributed by atoms with van der Waals surface area (Å²) in [6, 6.07) is 2.12. The van der Waals surface area contributed by atoms with Gasteiger partial charge in [0.25, 0.3) is 0 Å². The molecule has 0 aliphatic carbocycles. The van der Waals surface area contributed by atoms with Gasteiger partial charge >= 0.3 is 0 Å². The Balaban J connectivity index is 0.000000861. The second-order valence-corrected chi connectivity index (χ2v) is 3.94. The number of benzene rings is 1. The second-order valence-electron chi connectivity index (χ2n) is 3.94. The summed E-state index contributed by atoms with van der Waals surface area (Å²) in [5.74, 6) is -1.53. The van der Waals surface area contributed by atoms with Crippen molar-refractivity contribution >= 4 is 0 Å². The maximum absolute atomic E-state index is 13.3. The smallest absolute Gasteiger partial charge is 0.199 e. The Morgan fingerprint density at radius 2 is 1.89 bits per heavy atom. The molecule has 1 aliphatic rings. The fraction of sp³-hybridized carbons (Fsp3) is 0.571. The summed E-state index contributed by atoms with van der Waals surface area (Å²) >= 11 is 0. The molecule has 0 saturated carbocycles. The zero-order chi connectivity index (χ0) is 14.3. The van der Waals surface area contributed by atoms with Crippen molar-refractivity contribution in [3.05, 3.63) is 29.3 Å². The number of halogens is 2. The van der Waals surface area contributed by atoms with Crippen molar-refractivity contribution < 1.29 is 23.4 Å². The Morgan fingerprint density at radius 1 is 1.26 bits per heavy atom. The molecular weight excluding hydrogens is 254 g/mol. The lowest BCUT2D eigenvalue weighted by Crippen LogP contribution is -2.25. The fourth-order valence-electron chi connectivity index (χ4n) is 1.75. The molecule has 0 radical (unpaired) electrons. The van der Waals surface area contributed by atoms with Crippen molar-refractivity contribution in [3.8, 4) is 5.75 Å². The average Bonchev–Trinajstić information content (AvgIpc) is 2.42. The number of rotatable bonds is 3. The van der Waals surface area contributed by atoms with Crippen molar-refractivity contribution in [2.45, 2.75) is 46.0 Å². The highest BCUT2D eigenvalue weighted by Crippen LogP contribution is 2.24. The molecule has 1 aliphatic heterocycles. The molecular formula is C14H20F2O3. The zero-order valence-corrected chi connectivity index (χ0v) is 11.3. The summed E-state index contributed by atoms with van der Waals surface area (Å²) in [5.41, 5.74) is -0.345. The largest absolute Gasteiger partial charge is 0.465 e.